The third-order valence-electron chi connectivity index (χ3n) is 7.22. The molecule has 3 aliphatic rings. The van der Waals surface area contributed by atoms with Crippen LogP contribution in [0, 0.1) is 29.6 Å². The molecule has 0 aliphatic heterocycles. The second-order valence-electron chi connectivity index (χ2n) is 7.98. The van der Waals surface area contributed by atoms with Crippen molar-refractivity contribution in [1.82, 2.24) is 0 Å². The molecule has 0 amide bonds. The van der Waals surface area contributed by atoms with Gasteiger partial charge >= 0.3 is 0 Å². The Morgan fingerprint density at radius 1 is 0.750 bits per heavy atom. The van der Waals surface area contributed by atoms with Gasteiger partial charge < -0.3 is 10.2 Å². The zero-order valence-electron chi connectivity index (χ0n) is 13.8. The van der Waals surface area contributed by atoms with E-state index in [-0.39, 0.29) is 17.9 Å². The Bertz CT molecular complexity index is 687. The fourth-order valence-electron chi connectivity index (χ4n) is 6.34. The van der Waals surface area contributed by atoms with Crippen LogP contribution in [-0.2, 0) is 5.60 Å². The highest BCUT2D eigenvalue weighted by Gasteiger charge is 2.65. The molecule has 4 bridgehead atoms. The van der Waals surface area contributed by atoms with Crippen LogP contribution in [0.5, 0.6) is 0 Å². The molecule has 2 N–H and O–H groups in total. The van der Waals surface area contributed by atoms with Crippen molar-refractivity contribution in [2.75, 3.05) is 0 Å². The quantitative estimate of drug-likeness (QED) is 0.907. The maximum absolute atomic E-state index is 12.0. The van der Waals surface area contributed by atoms with E-state index in [2.05, 4.69) is 0 Å². The maximum atomic E-state index is 12.0. The lowest BCUT2D eigenvalue weighted by atomic mass is 9.65. The molecule has 0 heterocycles. The van der Waals surface area contributed by atoms with Crippen LogP contribution in [0.1, 0.15) is 30.4 Å². The summed E-state index contributed by atoms with van der Waals surface area (Å²) in [6.07, 6.45) is 3.21. The van der Waals surface area contributed by atoms with Crippen LogP contribution in [0.3, 0.4) is 0 Å². The van der Waals surface area contributed by atoms with E-state index in [0.29, 0.717) is 17.8 Å². The third kappa shape index (κ3) is 1.79. The highest BCUT2D eigenvalue weighted by atomic mass is 16.3. The van der Waals surface area contributed by atoms with E-state index in [1.54, 1.807) is 0 Å². The first-order valence-electron chi connectivity index (χ1n) is 9.22. The molecule has 3 fully saturated rings. The van der Waals surface area contributed by atoms with Gasteiger partial charge in [0.05, 0.1) is 6.10 Å². The monoisotopic (exact) mass is 320 g/mol. The number of rotatable bonds is 3. The minimum atomic E-state index is -1.01. The van der Waals surface area contributed by atoms with Crippen LogP contribution >= 0.6 is 0 Å². The second kappa shape index (κ2) is 5.18. The van der Waals surface area contributed by atoms with E-state index in [9.17, 15) is 10.2 Å². The Hall–Kier alpha value is -1.64. The molecule has 3 saturated carbocycles. The lowest BCUT2D eigenvalue weighted by Crippen LogP contribution is -2.46. The van der Waals surface area contributed by atoms with Crippen molar-refractivity contribution >= 4 is 0 Å². The normalized spacial score (nSPS) is 37.1. The number of benzene rings is 2. The molecule has 6 unspecified atom stereocenters. The van der Waals surface area contributed by atoms with Crippen LogP contribution in [0.2, 0.25) is 0 Å². The van der Waals surface area contributed by atoms with Crippen molar-refractivity contribution in [3.63, 3.8) is 0 Å². The lowest BCUT2D eigenvalue weighted by Gasteiger charge is -2.44. The maximum Gasteiger partial charge on any atom is 0.118 e. The van der Waals surface area contributed by atoms with Gasteiger partial charge in [-0.2, -0.15) is 0 Å². The molecule has 24 heavy (non-hydrogen) atoms. The topological polar surface area (TPSA) is 40.5 Å². The molecule has 0 aromatic heterocycles. The van der Waals surface area contributed by atoms with E-state index < -0.39 is 5.60 Å². The molecule has 5 rings (SSSR count). The first-order chi connectivity index (χ1) is 11.7. The smallest absolute Gasteiger partial charge is 0.118 e. The van der Waals surface area contributed by atoms with Crippen LogP contribution in [0.4, 0.5) is 0 Å². The van der Waals surface area contributed by atoms with Crippen LogP contribution in [0.25, 0.3) is 0 Å². The molecule has 2 aromatic carbocycles. The summed E-state index contributed by atoms with van der Waals surface area (Å²) in [4.78, 5) is 0. The lowest BCUT2D eigenvalue weighted by molar-refractivity contribution is -0.0722. The van der Waals surface area contributed by atoms with Gasteiger partial charge in [0.15, 0.2) is 0 Å². The van der Waals surface area contributed by atoms with Gasteiger partial charge in [-0.1, -0.05) is 60.7 Å². The SMILES string of the molecule is OC1C2CCC3C2CC(C(O)(c2ccccc2)c2ccccc2)C13. The predicted octanol–water partition coefficient (Wildman–Crippen LogP) is 3.58. The van der Waals surface area contributed by atoms with E-state index in [1.807, 2.05) is 60.7 Å². The van der Waals surface area contributed by atoms with Gasteiger partial charge in [-0.15, -0.1) is 0 Å². The van der Waals surface area contributed by atoms with Gasteiger partial charge in [0.25, 0.3) is 0 Å². The molecule has 3 aliphatic carbocycles. The average molecular weight is 320 g/mol. The zero-order chi connectivity index (χ0) is 16.3. The summed E-state index contributed by atoms with van der Waals surface area (Å²) in [6, 6.07) is 20.1. The fourth-order valence-corrected chi connectivity index (χ4v) is 6.34. The largest absolute Gasteiger partial charge is 0.393 e. The van der Waals surface area contributed by atoms with Gasteiger partial charge in [-0.05, 0) is 54.1 Å². The zero-order valence-corrected chi connectivity index (χ0v) is 13.8. The molecular weight excluding hydrogens is 296 g/mol. The number of hydrogen-bond acceptors (Lipinski definition) is 2. The van der Waals surface area contributed by atoms with Gasteiger partial charge in [-0.25, -0.2) is 0 Å². The van der Waals surface area contributed by atoms with E-state index in [0.717, 1.165) is 17.5 Å². The fraction of sp³-hybridized carbons (Fsp3) is 0.455. The summed E-state index contributed by atoms with van der Waals surface area (Å²) in [5, 5.41) is 22.8. The summed E-state index contributed by atoms with van der Waals surface area (Å²) in [7, 11) is 0. The van der Waals surface area contributed by atoms with Crippen LogP contribution in [-0.4, -0.2) is 16.3 Å². The van der Waals surface area contributed by atoms with E-state index in [4.69, 9.17) is 0 Å². The number of hydrogen-bond donors (Lipinski definition) is 2. The molecular formula is C22H24O2. The van der Waals surface area contributed by atoms with Crippen molar-refractivity contribution in [2.45, 2.75) is 31.0 Å². The third-order valence-corrected chi connectivity index (χ3v) is 7.22. The highest BCUT2D eigenvalue weighted by Crippen LogP contribution is 2.67. The molecule has 0 radical (unpaired) electrons. The molecule has 0 saturated heterocycles. The van der Waals surface area contributed by atoms with Gasteiger partial charge in [0.1, 0.15) is 5.60 Å². The molecule has 2 aromatic rings. The van der Waals surface area contributed by atoms with Gasteiger partial charge in [0.2, 0.25) is 0 Å². The van der Waals surface area contributed by atoms with Crippen molar-refractivity contribution in [2.24, 2.45) is 29.6 Å². The molecule has 0 spiro atoms. The molecule has 2 heteroatoms. The Morgan fingerprint density at radius 3 is 1.79 bits per heavy atom. The minimum Gasteiger partial charge on any atom is -0.393 e. The summed E-state index contributed by atoms with van der Waals surface area (Å²) < 4.78 is 0. The highest BCUT2D eigenvalue weighted by molar-refractivity contribution is 5.38. The Kier molecular flexibility index (Phi) is 3.17. The van der Waals surface area contributed by atoms with Gasteiger partial charge in [-0.3, -0.25) is 0 Å². The Morgan fingerprint density at radius 2 is 1.29 bits per heavy atom. The number of aliphatic hydroxyl groups excluding tert-OH is 1. The van der Waals surface area contributed by atoms with Crippen LogP contribution < -0.4 is 0 Å². The van der Waals surface area contributed by atoms with Gasteiger partial charge in [0, 0.05) is 5.92 Å². The van der Waals surface area contributed by atoms with Crippen LogP contribution in [0.15, 0.2) is 60.7 Å². The molecule has 2 nitrogen and oxygen atoms in total. The van der Waals surface area contributed by atoms with Crippen molar-refractivity contribution < 1.29 is 10.2 Å². The molecule has 6 atom stereocenters. The van der Waals surface area contributed by atoms with E-state index in [1.165, 1.54) is 12.8 Å². The standard InChI is InChI=1S/C22H24O2/c23-21-17-12-11-16-18(17)13-19(20(16)21)22(24,14-7-3-1-4-8-14)15-9-5-2-6-10-15/h1-10,16-21,23-24H,11-13H2. The molecule has 124 valence electrons. The summed E-state index contributed by atoms with van der Waals surface area (Å²) in [6.45, 7) is 0. The van der Waals surface area contributed by atoms with Crippen molar-refractivity contribution in [3.8, 4) is 0 Å². The Labute approximate surface area is 143 Å². The second-order valence-corrected chi connectivity index (χ2v) is 7.98. The van der Waals surface area contributed by atoms with E-state index >= 15 is 0 Å². The predicted molar refractivity (Wildman–Crippen MR) is 93.2 cm³/mol. The summed E-state index contributed by atoms with van der Waals surface area (Å²) in [5.74, 6) is 2.03. The first kappa shape index (κ1) is 14.7. The van der Waals surface area contributed by atoms with Crippen molar-refractivity contribution in [3.05, 3.63) is 71.8 Å². The Balaban J connectivity index is 1.64. The summed E-state index contributed by atoms with van der Waals surface area (Å²) in [5.41, 5.74) is 0.900. The summed E-state index contributed by atoms with van der Waals surface area (Å²) >= 11 is 0. The first-order valence-corrected chi connectivity index (χ1v) is 9.22. The number of aliphatic hydroxyl groups is 2. The minimum absolute atomic E-state index is 0.101. The van der Waals surface area contributed by atoms with Crippen molar-refractivity contribution in [1.29, 1.82) is 0 Å². The average Bonchev–Trinajstić information content (AvgIpc) is 3.28.